The summed E-state index contributed by atoms with van der Waals surface area (Å²) >= 11 is 0. The predicted octanol–water partition coefficient (Wildman–Crippen LogP) is 2.65. The highest BCUT2D eigenvalue weighted by Crippen LogP contribution is 2.30. The molecule has 168 valence electrons. The summed E-state index contributed by atoms with van der Waals surface area (Å²) in [6.45, 7) is 1.15. The Morgan fingerprint density at radius 1 is 1.19 bits per heavy atom. The highest BCUT2D eigenvalue weighted by Gasteiger charge is 2.30. The molecule has 2 aromatic carbocycles. The van der Waals surface area contributed by atoms with Crippen LogP contribution in [0.15, 0.2) is 47.4 Å². The molecule has 1 aliphatic rings. The largest absolute Gasteiger partial charge is 0.495 e. The van der Waals surface area contributed by atoms with Gasteiger partial charge in [-0.05, 0) is 62.8 Å². The third-order valence-corrected chi connectivity index (χ3v) is 7.34. The second kappa shape index (κ2) is 9.76. The van der Waals surface area contributed by atoms with Gasteiger partial charge in [0, 0.05) is 25.2 Å². The number of methoxy groups -OCH3 is 1. The Bertz CT molecular complexity index is 1040. The maximum absolute atomic E-state index is 13.6. The lowest BCUT2D eigenvalue weighted by Gasteiger charge is -2.25. The quantitative estimate of drug-likeness (QED) is 0.670. The summed E-state index contributed by atoms with van der Waals surface area (Å²) in [7, 11) is 1.34. The molecule has 7 nitrogen and oxygen atoms in total. The van der Waals surface area contributed by atoms with Gasteiger partial charge in [0.1, 0.15) is 16.5 Å². The fraction of sp³-hybridized carbons (Fsp3) is 0.409. The Hall–Kier alpha value is -2.49. The van der Waals surface area contributed by atoms with Crippen molar-refractivity contribution in [3.05, 3.63) is 59.4 Å². The van der Waals surface area contributed by atoms with Crippen molar-refractivity contribution in [2.45, 2.75) is 23.8 Å². The number of carbonyl (C=O) groups is 1. The first-order valence-corrected chi connectivity index (χ1v) is 11.6. The van der Waals surface area contributed by atoms with Gasteiger partial charge in [0.25, 0.3) is 5.91 Å². The highest BCUT2D eigenvalue weighted by atomic mass is 32.2. The van der Waals surface area contributed by atoms with Crippen molar-refractivity contribution in [3.63, 3.8) is 0 Å². The minimum Gasteiger partial charge on any atom is -0.495 e. The number of halogens is 1. The van der Waals surface area contributed by atoms with Gasteiger partial charge in [-0.1, -0.05) is 12.1 Å². The number of hydrogen-bond acceptors (Lipinski definition) is 5. The summed E-state index contributed by atoms with van der Waals surface area (Å²) in [6.07, 6.45) is 1.63. The van der Waals surface area contributed by atoms with Gasteiger partial charge in [0.2, 0.25) is 10.0 Å². The molecule has 0 aliphatic carbocycles. The SMILES string of the molecule is COc1ccc(C(=O)NC[C@@H](c2cccc(F)c2)N(C)C)cc1S(=O)(=O)N1CCCC1. The van der Waals surface area contributed by atoms with Crippen molar-refractivity contribution >= 4 is 15.9 Å². The van der Waals surface area contributed by atoms with E-state index in [1.807, 2.05) is 19.0 Å². The van der Waals surface area contributed by atoms with Crippen LogP contribution in [-0.2, 0) is 10.0 Å². The Morgan fingerprint density at radius 3 is 2.52 bits per heavy atom. The number of amides is 1. The van der Waals surface area contributed by atoms with Crippen molar-refractivity contribution in [1.82, 2.24) is 14.5 Å². The number of likely N-dealkylation sites (N-methyl/N-ethyl adjacent to an activating group) is 1. The minimum atomic E-state index is -3.75. The van der Waals surface area contributed by atoms with E-state index in [2.05, 4.69) is 5.32 Å². The molecule has 1 N–H and O–H groups in total. The van der Waals surface area contributed by atoms with E-state index in [1.165, 1.54) is 41.7 Å². The molecular formula is C22H28FN3O4S. The van der Waals surface area contributed by atoms with E-state index in [0.717, 1.165) is 18.4 Å². The van der Waals surface area contributed by atoms with Crippen molar-refractivity contribution in [3.8, 4) is 5.75 Å². The molecular weight excluding hydrogens is 421 g/mol. The van der Waals surface area contributed by atoms with Gasteiger partial charge < -0.3 is 15.0 Å². The molecule has 1 amide bonds. The lowest BCUT2D eigenvalue weighted by Crippen LogP contribution is -2.34. The van der Waals surface area contributed by atoms with E-state index in [9.17, 15) is 17.6 Å². The first-order valence-electron chi connectivity index (χ1n) is 10.1. The van der Waals surface area contributed by atoms with Crippen LogP contribution in [0.25, 0.3) is 0 Å². The van der Waals surface area contributed by atoms with Crippen molar-refractivity contribution in [2.24, 2.45) is 0 Å². The smallest absolute Gasteiger partial charge is 0.251 e. The molecule has 0 bridgehead atoms. The van der Waals surface area contributed by atoms with E-state index >= 15 is 0 Å². The molecule has 9 heteroatoms. The number of ether oxygens (including phenoxy) is 1. The van der Waals surface area contributed by atoms with Gasteiger partial charge in [0.15, 0.2) is 0 Å². The summed E-state index contributed by atoms with van der Waals surface area (Å²) in [6, 6.07) is 10.4. The average molecular weight is 450 g/mol. The summed E-state index contributed by atoms with van der Waals surface area (Å²) in [5.41, 5.74) is 0.952. The molecule has 1 saturated heterocycles. The first kappa shape index (κ1) is 23.2. The second-order valence-corrected chi connectivity index (χ2v) is 9.63. The van der Waals surface area contributed by atoms with Crippen LogP contribution in [0.2, 0.25) is 0 Å². The Morgan fingerprint density at radius 2 is 1.90 bits per heavy atom. The molecule has 1 heterocycles. The van der Waals surface area contributed by atoms with Crippen LogP contribution in [0, 0.1) is 5.82 Å². The fourth-order valence-electron chi connectivity index (χ4n) is 3.69. The normalized spacial score (nSPS) is 15.8. The van der Waals surface area contributed by atoms with Crippen molar-refractivity contribution in [1.29, 1.82) is 0 Å². The van der Waals surface area contributed by atoms with E-state index in [0.29, 0.717) is 13.1 Å². The van der Waals surface area contributed by atoms with E-state index < -0.39 is 15.9 Å². The number of benzene rings is 2. The van der Waals surface area contributed by atoms with Crippen molar-refractivity contribution < 1.29 is 22.3 Å². The van der Waals surface area contributed by atoms with Gasteiger partial charge in [-0.25, -0.2) is 12.8 Å². The van der Waals surface area contributed by atoms with Gasteiger partial charge in [-0.2, -0.15) is 4.31 Å². The number of sulfonamides is 1. The fourth-order valence-corrected chi connectivity index (χ4v) is 5.39. The van der Waals surface area contributed by atoms with Gasteiger partial charge in [0.05, 0.1) is 13.2 Å². The van der Waals surface area contributed by atoms with E-state index in [-0.39, 0.29) is 34.6 Å². The van der Waals surface area contributed by atoms with Crippen LogP contribution in [0.1, 0.15) is 34.8 Å². The van der Waals surface area contributed by atoms with Crippen LogP contribution < -0.4 is 10.1 Å². The molecule has 1 fully saturated rings. The van der Waals surface area contributed by atoms with Crippen LogP contribution in [0.3, 0.4) is 0 Å². The highest BCUT2D eigenvalue weighted by molar-refractivity contribution is 7.89. The number of rotatable bonds is 8. The first-order chi connectivity index (χ1) is 14.7. The molecule has 3 rings (SSSR count). The molecule has 0 unspecified atom stereocenters. The number of nitrogens with zero attached hydrogens (tertiary/aromatic N) is 2. The van der Waals surface area contributed by atoms with E-state index in [1.54, 1.807) is 12.1 Å². The Balaban J connectivity index is 1.81. The standard InChI is InChI=1S/C22H28FN3O4S/c1-25(2)19(16-7-6-8-18(23)13-16)15-24-22(27)17-9-10-20(30-3)21(14-17)31(28,29)26-11-4-5-12-26/h6-10,13-14,19H,4-5,11-12,15H2,1-3H3,(H,24,27)/t19-/m0/s1. The van der Waals surface area contributed by atoms with Crippen molar-refractivity contribution in [2.75, 3.05) is 40.8 Å². The summed E-state index contributed by atoms with van der Waals surface area (Å²) < 4.78 is 46.4. The van der Waals surface area contributed by atoms with Gasteiger partial charge >= 0.3 is 0 Å². The minimum absolute atomic E-state index is 0.0150. The van der Waals surface area contributed by atoms with Crippen LogP contribution in [-0.4, -0.2) is 64.4 Å². The zero-order valence-corrected chi connectivity index (χ0v) is 18.8. The predicted molar refractivity (Wildman–Crippen MR) is 116 cm³/mol. The van der Waals surface area contributed by atoms with Crippen LogP contribution >= 0.6 is 0 Å². The van der Waals surface area contributed by atoms with Crippen LogP contribution in [0.4, 0.5) is 4.39 Å². The summed E-state index contributed by atoms with van der Waals surface area (Å²) in [5, 5.41) is 2.83. The maximum atomic E-state index is 13.6. The van der Waals surface area contributed by atoms with Crippen LogP contribution in [0.5, 0.6) is 5.75 Å². The third-order valence-electron chi connectivity index (χ3n) is 5.42. The molecule has 0 radical (unpaired) electrons. The van der Waals surface area contributed by atoms with Gasteiger partial charge in [-0.15, -0.1) is 0 Å². The number of nitrogens with one attached hydrogen (secondary N) is 1. The van der Waals surface area contributed by atoms with E-state index in [4.69, 9.17) is 4.74 Å². The number of carbonyl (C=O) groups excluding carboxylic acids is 1. The summed E-state index contributed by atoms with van der Waals surface area (Å²) in [5.74, 6) is -0.555. The van der Waals surface area contributed by atoms with Gasteiger partial charge in [-0.3, -0.25) is 4.79 Å². The summed E-state index contributed by atoms with van der Waals surface area (Å²) in [4.78, 5) is 14.7. The lowest BCUT2D eigenvalue weighted by atomic mass is 10.1. The molecule has 0 saturated carbocycles. The Labute approximate surface area is 182 Å². The second-order valence-electron chi connectivity index (χ2n) is 7.72. The zero-order valence-electron chi connectivity index (χ0n) is 18.0. The molecule has 0 aromatic heterocycles. The maximum Gasteiger partial charge on any atom is 0.251 e. The molecule has 0 spiro atoms. The molecule has 1 aliphatic heterocycles. The number of hydrogen-bond donors (Lipinski definition) is 1. The molecule has 31 heavy (non-hydrogen) atoms. The molecule has 2 aromatic rings. The zero-order chi connectivity index (χ0) is 22.6. The third kappa shape index (κ3) is 5.23. The monoisotopic (exact) mass is 449 g/mol. The Kier molecular flexibility index (Phi) is 7.30. The lowest BCUT2D eigenvalue weighted by molar-refractivity contribution is 0.0941. The average Bonchev–Trinajstić information content (AvgIpc) is 3.29. The topological polar surface area (TPSA) is 79.0 Å². The molecule has 1 atom stereocenters.